The Hall–Kier alpha value is -3.06. The van der Waals surface area contributed by atoms with Gasteiger partial charge in [-0.3, -0.25) is 14.4 Å². The minimum absolute atomic E-state index is 0.0121. The van der Waals surface area contributed by atoms with Crippen LogP contribution < -0.4 is 15.4 Å². The SMILES string of the molecule is CC[C@H](C)NC(=O)[C@@H](NC(=O)c1ccccc1Cl)C1CCN(C(=O)c2cccc(OC)c2)CC1. The summed E-state index contributed by atoms with van der Waals surface area (Å²) in [7, 11) is 1.57. The van der Waals surface area contributed by atoms with E-state index in [0.29, 0.717) is 47.8 Å². The fourth-order valence-corrected chi connectivity index (χ4v) is 4.29. The van der Waals surface area contributed by atoms with Gasteiger partial charge in [0.15, 0.2) is 0 Å². The summed E-state index contributed by atoms with van der Waals surface area (Å²) in [6.45, 7) is 4.91. The average Bonchev–Trinajstić information content (AvgIpc) is 2.87. The van der Waals surface area contributed by atoms with Crippen LogP contribution in [0.4, 0.5) is 0 Å². The number of nitrogens with one attached hydrogen (secondary N) is 2. The lowest BCUT2D eigenvalue weighted by atomic mass is 9.88. The fourth-order valence-electron chi connectivity index (χ4n) is 4.07. The molecule has 7 nitrogen and oxygen atoms in total. The van der Waals surface area contributed by atoms with E-state index in [1.54, 1.807) is 60.5 Å². The molecule has 3 amide bonds. The number of rotatable bonds is 8. The van der Waals surface area contributed by atoms with E-state index in [-0.39, 0.29) is 29.7 Å². The van der Waals surface area contributed by atoms with Gasteiger partial charge in [-0.25, -0.2) is 0 Å². The Labute approximate surface area is 205 Å². The quantitative estimate of drug-likeness (QED) is 0.593. The number of amides is 3. The molecule has 0 unspecified atom stereocenters. The van der Waals surface area contributed by atoms with Gasteiger partial charge in [0.2, 0.25) is 5.91 Å². The van der Waals surface area contributed by atoms with Crippen molar-refractivity contribution >= 4 is 29.3 Å². The molecule has 182 valence electrons. The summed E-state index contributed by atoms with van der Waals surface area (Å²) in [5.41, 5.74) is 0.895. The Balaban J connectivity index is 1.71. The number of carbonyl (C=O) groups is 3. The summed E-state index contributed by atoms with van der Waals surface area (Å²) in [5, 5.41) is 6.23. The molecule has 2 N–H and O–H groups in total. The lowest BCUT2D eigenvalue weighted by Crippen LogP contribution is -2.55. The molecule has 1 aliphatic rings. The maximum atomic E-state index is 13.1. The lowest BCUT2D eigenvalue weighted by Gasteiger charge is -2.36. The van der Waals surface area contributed by atoms with Crippen LogP contribution in [0.2, 0.25) is 5.02 Å². The molecule has 1 aliphatic heterocycles. The molecule has 2 aromatic carbocycles. The second kappa shape index (κ2) is 11.9. The van der Waals surface area contributed by atoms with Crippen LogP contribution in [0.3, 0.4) is 0 Å². The number of benzene rings is 2. The van der Waals surface area contributed by atoms with Gasteiger partial charge in [-0.15, -0.1) is 0 Å². The molecule has 0 bridgehead atoms. The van der Waals surface area contributed by atoms with Crippen molar-refractivity contribution in [1.29, 1.82) is 0 Å². The van der Waals surface area contributed by atoms with Gasteiger partial charge in [-0.1, -0.05) is 36.7 Å². The molecule has 0 spiro atoms. The molecule has 8 heteroatoms. The lowest BCUT2D eigenvalue weighted by molar-refractivity contribution is -0.125. The van der Waals surface area contributed by atoms with Crippen molar-refractivity contribution in [2.45, 2.75) is 45.2 Å². The predicted octanol–water partition coefficient (Wildman–Crippen LogP) is 3.91. The highest BCUT2D eigenvalue weighted by molar-refractivity contribution is 6.33. The highest BCUT2D eigenvalue weighted by Crippen LogP contribution is 2.24. The first kappa shape index (κ1) is 25.6. The number of methoxy groups -OCH3 is 1. The first-order chi connectivity index (χ1) is 16.3. The van der Waals surface area contributed by atoms with Gasteiger partial charge in [0.1, 0.15) is 11.8 Å². The first-order valence-corrected chi connectivity index (χ1v) is 12.0. The van der Waals surface area contributed by atoms with Gasteiger partial charge in [0.05, 0.1) is 17.7 Å². The van der Waals surface area contributed by atoms with Crippen LogP contribution in [0, 0.1) is 5.92 Å². The van der Waals surface area contributed by atoms with Crippen LogP contribution in [0.1, 0.15) is 53.8 Å². The molecule has 2 aromatic rings. The minimum Gasteiger partial charge on any atom is -0.497 e. The first-order valence-electron chi connectivity index (χ1n) is 11.6. The second-order valence-corrected chi connectivity index (χ2v) is 9.02. The highest BCUT2D eigenvalue weighted by Gasteiger charge is 2.34. The van der Waals surface area contributed by atoms with Gasteiger partial charge >= 0.3 is 0 Å². The third kappa shape index (κ3) is 6.29. The third-order valence-corrected chi connectivity index (χ3v) is 6.63. The predicted molar refractivity (Wildman–Crippen MR) is 132 cm³/mol. The van der Waals surface area contributed by atoms with Crippen LogP contribution >= 0.6 is 11.6 Å². The van der Waals surface area contributed by atoms with Crippen molar-refractivity contribution in [2.75, 3.05) is 20.2 Å². The number of hydrogen-bond donors (Lipinski definition) is 2. The standard InChI is InChI=1S/C26H32ClN3O4/c1-4-17(2)28-25(32)23(29-24(31)21-10-5-6-11-22(21)27)18-12-14-30(15-13-18)26(33)19-8-7-9-20(16-19)34-3/h5-11,16-18,23H,4,12-15H2,1-3H3,(H,28,32)(H,29,31)/t17-,23-/m0/s1. The normalized spacial score (nSPS) is 15.8. The van der Waals surface area contributed by atoms with Crippen LogP contribution in [0.15, 0.2) is 48.5 Å². The topological polar surface area (TPSA) is 87.7 Å². The van der Waals surface area contributed by atoms with E-state index in [9.17, 15) is 14.4 Å². The van der Waals surface area contributed by atoms with E-state index in [2.05, 4.69) is 10.6 Å². The van der Waals surface area contributed by atoms with E-state index in [1.807, 2.05) is 13.8 Å². The summed E-state index contributed by atoms with van der Waals surface area (Å²) >= 11 is 6.19. The van der Waals surface area contributed by atoms with Crippen LogP contribution in [-0.2, 0) is 4.79 Å². The zero-order valence-corrected chi connectivity index (χ0v) is 20.6. The molecule has 0 saturated carbocycles. The molecule has 1 saturated heterocycles. The molecule has 34 heavy (non-hydrogen) atoms. The summed E-state index contributed by atoms with van der Waals surface area (Å²) in [5.74, 6) is -0.148. The maximum Gasteiger partial charge on any atom is 0.253 e. The Morgan fingerprint density at radius 2 is 1.79 bits per heavy atom. The molecule has 1 fully saturated rings. The van der Waals surface area contributed by atoms with E-state index in [0.717, 1.165) is 6.42 Å². The smallest absolute Gasteiger partial charge is 0.253 e. The van der Waals surface area contributed by atoms with Crippen molar-refractivity contribution in [3.8, 4) is 5.75 Å². The Kier molecular flexibility index (Phi) is 8.93. The van der Waals surface area contributed by atoms with Crippen LogP contribution in [-0.4, -0.2) is 54.9 Å². The van der Waals surface area contributed by atoms with Crippen molar-refractivity contribution in [3.05, 3.63) is 64.7 Å². The van der Waals surface area contributed by atoms with Gasteiger partial charge in [0, 0.05) is 24.7 Å². The van der Waals surface area contributed by atoms with Crippen molar-refractivity contribution in [2.24, 2.45) is 5.92 Å². The zero-order valence-electron chi connectivity index (χ0n) is 19.8. The second-order valence-electron chi connectivity index (χ2n) is 8.61. The number of halogens is 1. The largest absolute Gasteiger partial charge is 0.497 e. The van der Waals surface area contributed by atoms with Crippen LogP contribution in [0.25, 0.3) is 0 Å². The summed E-state index contributed by atoms with van der Waals surface area (Å²) in [6.07, 6.45) is 1.97. The number of likely N-dealkylation sites (tertiary alicyclic amines) is 1. The van der Waals surface area contributed by atoms with Gasteiger partial charge in [0.25, 0.3) is 11.8 Å². The van der Waals surface area contributed by atoms with Gasteiger partial charge in [-0.05, 0) is 62.4 Å². The van der Waals surface area contributed by atoms with E-state index >= 15 is 0 Å². The average molecular weight is 486 g/mol. The monoisotopic (exact) mass is 485 g/mol. The van der Waals surface area contributed by atoms with Crippen molar-refractivity contribution in [1.82, 2.24) is 15.5 Å². The molecule has 0 radical (unpaired) electrons. The number of nitrogens with zero attached hydrogens (tertiary/aromatic N) is 1. The number of ether oxygens (including phenoxy) is 1. The van der Waals surface area contributed by atoms with Gasteiger partial charge < -0.3 is 20.3 Å². The van der Waals surface area contributed by atoms with E-state index < -0.39 is 6.04 Å². The third-order valence-electron chi connectivity index (χ3n) is 6.30. The number of piperidine rings is 1. The molecule has 1 heterocycles. The Bertz CT molecular complexity index is 1020. The van der Waals surface area contributed by atoms with Gasteiger partial charge in [-0.2, -0.15) is 0 Å². The Morgan fingerprint density at radius 1 is 1.09 bits per heavy atom. The number of carbonyl (C=O) groups excluding carboxylic acids is 3. The van der Waals surface area contributed by atoms with E-state index in [4.69, 9.17) is 16.3 Å². The van der Waals surface area contributed by atoms with Crippen molar-refractivity contribution < 1.29 is 19.1 Å². The summed E-state index contributed by atoms with van der Waals surface area (Å²) in [6, 6.07) is 13.1. The summed E-state index contributed by atoms with van der Waals surface area (Å²) < 4.78 is 5.23. The summed E-state index contributed by atoms with van der Waals surface area (Å²) in [4.78, 5) is 40.8. The minimum atomic E-state index is -0.716. The zero-order chi connectivity index (χ0) is 24.7. The molecular weight excluding hydrogens is 454 g/mol. The Morgan fingerprint density at radius 3 is 2.44 bits per heavy atom. The fraction of sp³-hybridized carbons (Fsp3) is 0.423. The van der Waals surface area contributed by atoms with Crippen molar-refractivity contribution in [3.63, 3.8) is 0 Å². The van der Waals surface area contributed by atoms with E-state index in [1.165, 1.54) is 0 Å². The molecule has 0 aliphatic carbocycles. The molecule has 3 rings (SSSR count). The molecular formula is C26H32ClN3O4. The maximum absolute atomic E-state index is 13.1. The number of hydrogen-bond acceptors (Lipinski definition) is 4. The molecule has 0 aromatic heterocycles. The van der Waals surface area contributed by atoms with Crippen LogP contribution in [0.5, 0.6) is 5.75 Å². The molecule has 2 atom stereocenters. The highest BCUT2D eigenvalue weighted by atomic mass is 35.5.